The molecule has 6 heterocycles. The topological polar surface area (TPSA) is 32.3 Å². The van der Waals surface area contributed by atoms with Crippen LogP contribution in [0.25, 0.3) is 106 Å². The summed E-state index contributed by atoms with van der Waals surface area (Å²) >= 11 is 3.76. The van der Waals surface area contributed by atoms with Crippen molar-refractivity contribution in [2.45, 2.75) is 10.8 Å². The zero-order chi connectivity index (χ0) is 64.2. The Labute approximate surface area is 573 Å². The Morgan fingerprint density at radius 3 is 0.969 bits per heavy atom. The van der Waals surface area contributed by atoms with Crippen LogP contribution in [0.3, 0.4) is 0 Å². The molecule has 0 aliphatic carbocycles. The Kier molecular flexibility index (Phi) is 12.0. The van der Waals surface area contributed by atoms with Gasteiger partial charge in [-0.05, 0) is 184 Å². The Bertz CT molecular complexity index is 5940. The van der Waals surface area contributed by atoms with Gasteiger partial charge < -0.3 is 9.80 Å². The SMILES string of the molecule is c1ccc(C2(c3ccccc3)c3cc(-c4cccnc4)ccc3N(c3ccc4c5cccc6c(N7c8ccc(-c9cccnc9)cc8C(c8ccccc8)(c8ccccc8)c8cc9c(cc87)sc7ccccc79)ccc(c7cccc3c74)c65)c3cc4sc5ccccc5c4cc32)cc1. The molecule has 15 aromatic carbocycles. The molecule has 0 bridgehead atoms. The van der Waals surface area contributed by atoms with Gasteiger partial charge in [-0.1, -0.05) is 231 Å². The molecule has 0 saturated carbocycles. The molecule has 0 fully saturated rings. The normalized spacial score (nSPS) is 13.8. The molecule has 2 aliphatic rings. The molecule has 2 aliphatic heterocycles. The van der Waals surface area contributed by atoms with E-state index in [0.29, 0.717) is 0 Å². The Hall–Kier alpha value is -12.1. The summed E-state index contributed by atoms with van der Waals surface area (Å²) < 4.78 is 5.07. The average Bonchev–Trinajstić information content (AvgIpc) is 0.917. The number of pyridine rings is 2. The summed E-state index contributed by atoms with van der Waals surface area (Å²) in [4.78, 5) is 14.5. The van der Waals surface area contributed by atoms with E-state index in [4.69, 9.17) is 0 Å². The Balaban J connectivity index is 0.833. The van der Waals surface area contributed by atoms with Crippen molar-refractivity contribution in [1.29, 1.82) is 0 Å². The van der Waals surface area contributed by atoms with Crippen LogP contribution in [0.1, 0.15) is 44.5 Å². The Morgan fingerprint density at radius 2 is 0.571 bits per heavy atom. The number of anilines is 6. The maximum Gasteiger partial charge on any atom is 0.0742 e. The second-order valence-corrected chi connectivity index (χ2v) is 28.4. The zero-order valence-corrected chi connectivity index (χ0v) is 54.6. The number of fused-ring (bicyclic) bond motifs is 12. The second kappa shape index (κ2) is 21.2. The van der Waals surface area contributed by atoms with E-state index in [1.54, 1.807) is 0 Å². The predicted octanol–water partition coefficient (Wildman–Crippen LogP) is 24.9. The van der Waals surface area contributed by atoms with Crippen molar-refractivity contribution in [3.8, 4) is 22.3 Å². The monoisotopic (exact) mass is 1280 g/mol. The highest BCUT2D eigenvalue weighted by Gasteiger charge is 2.49. The van der Waals surface area contributed by atoms with Gasteiger partial charge in [-0.15, -0.1) is 22.7 Å². The molecule has 21 rings (SSSR count). The molecular weight excluding hydrogens is 1230 g/mol. The fourth-order valence-electron chi connectivity index (χ4n) is 17.5. The van der Waals surface area contributed by atoms with Crippen LogP contribution in [0.4, 0.5) is 34.1 Å². The van der Waals surface area contributed by atoms with Crippen molar-refractivity contribution in [2.24, 2.45) is 0 Å². The smallest absolute Gasteiger partial charge is 0.0742 e. The number of thiophene rings is 2. The van der Waals surface area contributed by atoms with Gasteiger partial charge in [-0.25, -0.2) is 0 Å². The van der Waals surface area contributed by atoms with Gasteiger partial charge in [-0.3, -0.25) is 9.97 Å². The molecule has 0 spiro atoms. The first-order valence-electron chi connectivity index (χ1n) is 33.6. The summed E-state index contributed by atoms with van der Waals surface area (Å²) in [6, 6.07) is 119. The van der Waals surface area contributed by atoms with E-state index < -0.39 is 10.8 Å². The van der Waals surface area contributed by atoms with E-state index in [1.807, 2.05) is 59.6 Å². The first-order chi connectivity index (χ1) is 48.6. The van der Waals surface area contributed by atoms with Crippen LogP contribution in [-0.2, 0) is 10.8 Å². The number of benzene rings is 15. The standard InChI is InChI=1S/C92H56N4S2/c1-5-23-61(24-6-1)91(62-25-7-2-8-26-62)75-49-57(59-21-19-47-93-55-59)39-43-81(75)95(83-53-87-73(51-77(83)91)65-31-13-15-37-85(65)97-87)79-45-41-69-68-34-18-36-72-80(46-42-70(90(68)72)67-33-17-35-71(79)89(67)69)96-82-44-40-58(60-22-20-48-94-56-60)50-76(82)92(63-27-9-3-10-28-63,64-29-11-4-12-30-64)78-52-74-66-32-14-16-38-86(66)98-88(74)54-84(78)96/h1-56H. The molecule has 4 nitrogen and oxygen atoms in total. The first kappa shape index (κ1) is 55.2. The lowest BCUT2D eigenvalue weighted by atomic mass is 9.62. The maximum atomic E-state index is 4.66. The van der Waals surface area contributed by atoms with E-state index in [0.717, 1.165) is 56.4 Å². The number of hydrogen-bond donors (Lipinski definition) is 0. The number of nitrogens with zero attached hydrogens (tertiary/aromatic N) is 4. The van der Waals surface area contributed by atoms with E-state index in [9.17, 15) is 0 Å². The van der Waals surface area contributed by atoms with Crippen LogP contribution < -0.4 is 9.80 Å². The van der Waals surface area contributed by atoms with E-state index in [-0.39, 0.29) is 0 Å². The van der Waals surface area contributed by atoms with Crippen molar-refractivity contribution in [3.63, 3.8) is 0 Å². The fourth-order valence-corrected chi connectivity index (χ4v) is 19.7. The van der Waals surface area contributed by atoms with Gasteiger partial charge in [0.1, 0.15) is 0 Å². The summed E-state index contributed by atoms with van der Waals surface area (Å²) in [5.41, 5.74) is 19.5. The van der Waals surface area contributed by atoms with Crippen molar-refractivity contribution in [1.82, 2.24) is 9.97 Å². The van der Waals surface area contributed by atoms with Gasteiger partial charge in [0.2, 0.25) is 0 Å². The lowest BCUT2D eigenvalue weighted by Gasteiger charge is -2.47. The summed E-state index contributed by atoms with van der Waals surface area (Å²) in [7, 11) is 0. The molecule has 0 radical (unpaired) electrons. The zero-order valence-electron chi connectivity index (χ0n) is 52.9. The minimum Gasteiger partial charge on any atom is -0.309 e. The second-order valence-electron chi connectivity index (χ2n) is 26.2. The van der Waals surface area contributed by atoms with Crippen LogP contribution in [0, 0.1) is 0 Å². The van der Waals surface area contributed by atoms with Crippen LogP contribution in [0.5, 0.6) is 0 Å². The third-order valence-electron chi connectivity index (χ3n) is 21.5. The van der Waals surface area contributed by atoms with Crippen molar-refractivity contribution in [3.05, 3.63) is 385 Å². The average molecular weight is 1280 g/mol. The molecule has 0 unspecified atom stereocenters. The summed E-state index contributed by atoms with van der Waals surface area (Å²) in [6.45, 7) is 0. The molecule has 98 heavy (non-hydrogen) atoms. The predicted molar refractivity (Wildman–Crippen MR) is 413 cm³/mol. The highest BCUT2D eigenvalue weighted by molar-refractivity contribution is 7.26. The molecular formula is C92H56N4S2. The van der Waals surface area contributed by atoms with E-state index >= 15 is 0 Å². The summed E-state index contributed by atoms with van der Waals surface area (Å²) in [5, 5.41) is 14.8. The van der Waals surface area contributed by atoms with Gasteiger partial charge in [-0.2, -0.15) is 0 Å². The van der Waals surface area contributed by atoms with Crippen LogP contribution in [-0.4, -0.2) is 9.97 Å². The minimum absolute atomic E-state index is 0.733. The molecule has 6 heteroatoms. The summed E-state index contributed by atoms with van der Waals surface area (Å²) in [6.07, 6.45) is 7.71. The molecule has 0 saturated heterocycles. The van der Waals surface area contributed by atoms with Crippen molar-refractivity contribution in [2.75, 3.05) is 9.80 Å². The van der Waals surface area contributed by atoms with Gasteiger partial charge in [0, 0.05) is 75.9 Å². The molecule has 4 aromatic heterocycles. The minimum atomic E-state index is -0.733. The summed E-state index contributed by atoms with van der Waals surface area (Å²) in [5.74, 6) is 0. The van der Waals surface area contributed by atoms with Crippen LogP contribution in [0.15, 0.2) is 340 Å². The van der Waals surface area contributed by atoms with Crippen molar-refractivity contribution < 1.29 is 0 Å². The molecule has 19 aromatic rings. The first-order valence-corrected chi connectivity index (χ1v) is 35.2. The molecule has 456 valence electrons. The van der Waals surface area contributed by atoms with Gasteiger partial charge >= 0.3 is 0 Å². The van der Waals surface area contributed by atoms with Gasteiger partial charge in [0.05, 0.1) is 45.0 Å². The number of hydrogen-bond acceptors (Lipinski definition) is 6. The number of rotatable bonds is 8. The van der Waals surface area contributed by atoms with Gasteiger partial charge in [0.15, 0.2) is 0 Å². The highest BCUT2D eigenvalue weighted by atomic mass is 32.1. The Morgan fingerprint density at radius 1 is 0.224 bits per heavy atom. The highest BCUT2D eigenvalue weighted by Crippen LogP contribution is 2.64. The van der Waals surface area contributed by atoms with E-state index in [2.05, 4.69) is 323 Å². The largest absolute Gasteiger partial charge is 0.309 e. The van der Waals surface area contributed by atoms with Crippen LogP contribution in [0.2, 0.25) is 0 Å². The third-order valence-corrected chi connectivity index (χ3v) is 23.7. The molecule has 0 amide bonds. The maximum absolute atomic E-state index is 4.66. The van der Waals surface area contributed by atoms with E-state index in [1.165, 1.54) is 128 Å². The van der Waals surface area contributed by atoms with Crippen molar-refractivity contribution >= 4 is 140 Å². The lowest BCUT2D eigenvalue weighted by molar-refractivity contribution is 0.733. The molecule has 0 atom stereocenters. The van der Waals surface area contributed by atoms with Gasteiger partial charge in [0.25, 0.3) is 0 Å². The van der Waals surface area contributed by atoms with Crippen LogP contribution >= 0.6 is 22.7 Å². The third kappa shape index (κ3) is 7.69. The quantitative estimate of drug-likeness (QED) is 0.112. The fraction of sp³-hybridized carbons (Fsp3) is 0.0217. The molecule has 0 N–H and O–H groups in total. The lowest BCUT2D eigenvalue weighted by Crippen LogP contribution is -2.38. The number of aromatic nitrogens is 2.